The standard InChI is InChI=1S/C54H78O39/c55-1-7-73-13-19-82-43(61)25-39(51(69)85-22-16-76-10-4-58)28-46(64)88-33-79-35-90-49(67)31-42(54(72)93-38-81-37-92-48(66)30-41(53(71)87-24-18-78-12-6-60)27-45(63)84-21-15-75-9-3-57)32-50(68)91-36-80-34-89-47(65)29-40(52(70)86-23-17-77-11-5-59)26-44(62)83-20-14-74-8-2-56/h28-31,55-60H,1-27,32-38H2. The maximum Gasteiger partial charge on any atom is 0.336 e. The van der Waals surface area contributed by atoms with E-state index in [1.165, 1.54) is 0 Å². The molecule has 0 aliphatic heterocycles. The topological polar surface area (TPSA) is 520 Å². The Morgan fingerprint density at radius 2 is 0.398 bits per heavy atom. The lowest BCUT2D eigenvalue weighted by Gasteiger charge is -2.11. The monoisotopic (exact) mass is 1350 g/mol. The van der Waals surface area contributed by atoms with Crippen molar-refractivity contribution in [2.75, 3.05) is 199 Å². The minimum absolute atomic E-state index is 0.0428. The zero-order chi connectivity index (χ0) is 69.0. The second-order valence-corrected chi connectivity index (χ2v) is 16.6. The van der Waals surface area contributed by atoms with Crippen LogP contribution in [0.15, 0.2) is 46.6 Å². The number of carbonyl (C=O) groups excluding carboxylic acids is 12. The first-order chi connectivity index (χ1) is 44.9. The molecule has 0 heterocycles. The number of aliphatic hydroxyl groups is 6. The lowest BCUT2D eigenvalue weighted by atomic mass is 10.2. The normalized spacial score (nSPS) is 11.6. The van der Waals surface area contributed by atoms with Crippen molar-refractivity contribution in [2.24, 2.45) is 0 Å². The van der Waals surface area contributed by atoms with Crippen LogP contribution in [-0.2, 0) is 157 Å². The minimum Gasteiger partial charge on any atom is -0.463 e. The number of aliphatic hydroxyl groups excluding tert-OH is 6. The summed E-state index contributed by atoms with van der Waals surface area (Å²) in [4.78, 5) is 152. The highest BCUT2D eigenvalue weighted by Gasteiger charge is 2.24. The van der Waals surface area contributed by atoms with E-state index in [-0.39, 0.29) is 159 Å². The predicted molar refractivity (Wildman–Crippen MR) is 293 cm³/mol. The fourth-order valence-electron chi connectivity index (χ4n) is 5.59. The number of hydrogen-bond acceptors (Lipinski definition) is 39. The van der Waals surface area contributed by atoms with E-state index in [1.54, 1.807) is 0 Å². The SMILES string of the molecule is O=C(C=C(CC(=O)OCCOCCO)C(=O)OCCOCCO)OCOCOC(=O)C=C(CC(=O)OCOCOC(=O)C=C(CC(=O)OCCOCCO)C(=O)OCCOCCO)C(=O)OCOCOC(=O)C=C(CC(=O)OCCOCCO)C(=O)OCCOCCO. The Labute approximate surface area is 529 Å². The molecule has 39 heteroatoms. The van der Waals surface area contributed by atoms with Gasteiger partial charge in [0.1, 0.15) is 39.6 Å². The second-order valence-electron chi connectivity index (χ2n) is 16.6. The largest absolute Gasteiger partial charge is 0.463 e. The van der Waals surface area contributed by atoms with Gasteiger partial charge in [-0.2, -0.15) is 0 Å². The fourth-order valence-corrected chi connectivity index (χ4v) is 5.59. The van der Waals surface area contributed by atoms with Crippen molar-refractivity contribution >= 4 is 71.6 Å². The van der Waals surface area contributed by atoms with E-state index in [0.717, 1.165) is 0 Å². The van der Waals surface area contributed by atoms with E-state index in [0.29, 0.717) is 24.3 Å². The summed E-state index contributed by atoms with van der Waals surface area (Å²) in [6, 6.07) is 0. The van der Waals surface area contributed by atoms with Crippen LogP contribution in [0.2, 0.25) is 0 Å². The van der Waals surface area contributed by atoms with Crippen LogP contribution in [0.1, 0.15) is 25.7 Å². The maximum atomic E-state index is 13.2. The van der Waals surface area contributed by atoms with E-state index < -0.39 is 160 Å². The molecule has 93 heavy (non-hydrogen) atoms. The summed E-state index contributed by atoms with van der Waals surface area (Å²) < 4.78 is 104. The summed E-state index contributed by atoms with van der Waals surface area (Å²) in [7, 11) is 0. The number of hydrogen-bond donors (Lipinski definition) is 6. The van der Waals surface area contributed by atoms with E-state index >= 15 is 0 Å². The van der Waals surface area contributed by atoms with Crippen LogP contribution in [0.25, 0.3) is 0 Å². The summed E-state index contributed by atoms with van der Waals surface area (Å²) in [5, 5.41) is 53.0. The maximum absolute atomic E-state index is 13.2. The van der Waals surface area contributed by atoms with Crippen molar-refractivity contribution < 1.29 is 188 Å². The van der Waals surface area contributed by atoms with Crippen molar-refractivity contribution in [2.45, 2.75) is 25.7 Å². The van der Waals surface area contributed by atoms with Crippen LogP contribution in [0.3, 0.4) is 0 Å². The van der Waals surface area contributed by atoms with Gasteiger partial charge in [0, 0.05) is 24.3 Å². The Morgan fingerprint density at radius 3 is 0.634 bits per heavy atom. The molecule has 0 radical (unpaired) electrons. The molecule has 0 unspecified atom stereocenters. The van der Waals surface area contributed by atoms with E-state index in [2.05, 4.69) is 0 Å². The molecule has 6 N–H and O–H groups in total. The van der Waals surface area contributed by atoms with E-state index in [4.69, 9.17) is 130 Å². The number of rotatable bonds is 58. The molecular weight excluding hydrogens is 1270 g/mol. The van der Waals surface area contributed by atoms with Gasteiger partial charge < -0.3 is 130 Å². The van der Waals surface area contributed by atoms with Crippen molar-refractivity contribution in [3.63, 3.8) is 0 Å². The van der Waals surface area contributed by atoms with Gasteiger partial charge in [0.25, 0.3) is 0 Å². The van der Waals surface area contributed by atoms with Gasteiger partial charge in [-0.3, -0.25) is 19.2 Å². The molecule has 0 aliphatic carbocycles. The van der Waals surface area contributed by atoms with Crippen LogP contribution in [0.4, 0.5) is 0 Å². The van der Waals surface area contributed by atoms with Crippen LogP contribution < -0.4 is 0 Å². The molecule has 0 aliphatic rings. The molecular formula is C54H78O39. The van der Waals surface area contributed by atoms with Gasteiger partial charge in [-0.15, -0.1) is 0 Å². The lowest BCUT2D eigenvalue weighted by Crippen LogP contribution is -2.20. The van der Waals surface area contributed by atoms with Gasteiger partial charge in [0.2, 0.25) is 0 Å². The van der Waals surface area contributed by atoms with E-state index in [1.807, 2.05) is 0 Å². The summed E-state index contributed by atoms with van der Waals surface area (Å²) in [5.41, 5.74) is -2.50. The first kappa shape index (κ1) is 85.0. The van der Waals surface area contributed by atoms with E-state index in [9.17, 15) is 57.5 Å². The molecule has 0 bridgehead atoms. The second kappa shape index (κ2) is 59.0. The summed E-state index contributed by atoms with van der Waals surface area (Å²) >= 11 is 0. The Bertz CT molecular complexity index is 2340. The first-order valence-electron chi connectivity index (χ1n) is 27.6. The van der Waals surface area contributed by atoms with Gasteiger partial charge in [-0.25, -0.2) is 38.4 Å². The molecule has 0 aromatic rings. The smallest absolute Gasteiger partial charge is 0.336 e. The highest BCUT2D eigenvalue weighted by atomic mass is 16.8. The molecule has 39 nitrogen and oxygen atoms in total. The molecule has 0 spiro atoms. The molecule has 528 valence electrons. The zero-order valence-corrected chi connectivity index (χ0v) is 50.5. The highest BCUT2D eigenvalue weighted by Crippen LogP contribution is 2.12. The van der Waals surface area contributed by atoms with Crippen molar-refractivity contribution in [1.82, 2.24) is 0 Å². The fraction of sp³-hybridized carbons (Fsp3) is 0.630. The number of carbonyl (C=O) groups is 12. The van der Waals surface area contributed by atoms with Gasteiger partial charge in [0.15, 0.2) is 40.8 Å². The van der Waals surface area contributed by atoms with Crippen LogP contribution >= 0.6 is 0 Å². The molecule has 0 aromatic heterocycles. The van der Waals surface area contributed by atoms with Crippen molar-refractivity contribution in [3.8, 4) is 0 Å². The molecule has 0 amide bonds. The van der Waals surface area contributed by atoms with Crippen molar-refractivity contribution in [1.29, 1.82) is 0 Å². The van der Waals surface area contributed by atoms with Crippen LogP contribution in [0.5, 0.6) is 0 Å². The Balaban J connectivity index is 6.12. The average Bonchev–Trinajstić information content (AvgIpc) is 3.74. The van der Waals surface area contributed by atoms with Gasteiger partial charge in [-0.05, 0) is 0 Å². The lowest BCUT2D eigenvalue weighted by molar-refractivity contribution is -0.176. The molecule has 0 saturated carbocycles. The zero-order valence-electron chi connectivity index (χ0n) is 50.5. The third kappa shape index (κ3) is 50.3. The Morgan fingerprint density at radius 1 is 0.204 bits per heavy atom. The minimum atomic E-state index is -1.48. The Hall–Kier alpha value is -8.00. The average molecular weight is 1350 g/mol. The number of ether oxygens (including phenoxy) is 21. The third-order valence-corrected chi connectivity index (χ3v) is 9.54. The molecule has 0 rings (SSSR count). The van der Waals surface area contributed by atoms with Crippen LogP contribution in [0, 0.1) is 0 Å². The predicted octanol–water partition coefficient (Wildman–Crippen LogP) is -5.38. The first-order valence-corrected chi connectivity index (χ1v) is 27.6. The van der Waals surface area contributed by atoms with Gasteiger partial charge >= 0.3 is 71.6 Å². The highest BCUT2D eigenvalue weighted by molar-refractivity contribution is 6.02. The summed E-state index contributed by atoms with van der Waals surface area (Å²) in [6.45, 7) is -11.0. The summed E-state index contributed by atoms with van der Waals surface area (Å²) in [6.07, 6.45) is -1.41. The molecule has 0 fully saturated rings. The van der Waals surface area contributed by atoms with Gasteiger partial charge in [0.05, 0.1) is 167 Å². The van der Waals surface area contributed by atoms with Crippen LogP contribution in [-0.4, -0.2) is 302 Å². The third-order valence-electron chi connectivity index (χ3n) is 9.54. The molecule has 0 saturated heterocycles. The van der Waals surface area contributed by atoms with Crippen molar-refractivity contribution in [3.05, 3.63) is 46.6 Å². The molecule has 0 aromatic carbocycles. The van der Waals surface area contributed by atoms with Gasteiger partial charge in [-0.1, -0.05) is 0 Å². The number of esters is 12. The molecule has 0 atom stereocenters. The Kier molecular flexibility index (Phi) is 54.0. The quantitative estimate of drug-likeness (QED) is 0.0109. The summed E-state index contributed by atoms with van der Waals surface area (Å²) in [5.74, 6) is -14.6.